The molecule has 2 atom stereocenters. The third-order valence-electron chi connectivity index (χ3n) is 4.34. The van der Waals surface area contributed by atoms with Crippen LogP contribution in [0.4, 0.5) is 0 Å². The molecule has 0 saturated carbocycles. The summed E-state index contributed by atoms with van der Waals surface area (Å²) in [4.78, 5) is 0. The second-order valence-electron chi connectivity index (χ2n) is 5.84. The van der Waals surface area contributed by atoms with Gasteiger partial charge in [-0.2, -0.15) is 0 Å². The Hall–Kier alpha value is -2.06. The average molecular weight is 411 g/mol. The zero-order valence-electron chi connectivity index (χ0n) is 15.5. The Bertz CT molecular complexity index is 708. The van der Waals surface area contributed by atoms with E-state index in [1.165, 1.54) is 28.4 Å². The maximum atomic E-state index is 10.1. The van der Waals surface area contributed by atoms with Crippen molar-refractivity contribution in [3.8, 4) is 34.5 Å². The van der Waals surface area contributed by atoms with Crippen molar-refractivity contribution >= 4 is 23.5 Å². The monoisotopic (exact) mass is 410 g/mol. The maximum absolute atomic E-state index is 10.1. The molecule has 0 aliphatic carbocycles. The van der Waals surface area contributed by atoms with Crippen molar-refractivity contribution in [2.45, 2.75) is 9.83 Å². The van der Waals surface area contributed by atoms with E-state index in [9.17, 15) is 10.2 Å². The molecule has 146 valence electrons. The van der Waals surface area contributed by atoms with Gasteiger partial charge in [0.2, 0.25) is 11.5 Å². The topological polar surface area (TPSA) is 77.4 Å². The lowest BCUT2D eigenvalue weighted by atomic mass is 10.1. The van der Waals surface area contributed by atoms with Gasteiger partial charge >= 0.3 is 0 Å². The van der Waals surface area contributed by atoms with Gasteiger partial charge in [-0.15, -0.1) is 23.5 Å². The van der Waals surface area contributed by atoms with Gasteiger partial charge in [0.1, 0.15) is 0 Å². The summed E-state index contributed by atoms with van der Waals surface area (Å²) in [6.07, 6.45) is 0. The van der Waals surface area contributed by atoms with E-state index in [4.69, 9.17) is 18.9 Å². The Labute approximate surface area is 166 Å². The first kappa shape index (κ1) is 19.7. The van der Waals surface area contributed by atoms with Crippen LogP contribution in [0.5, 0.6) is 34.5 Å². The maximum Gasteiger partial charge on any atom is 0.200 e. The highest BCUT2D eigenvalue weighted by molar-refractivity contribution is 8.19. The number of thioether (sulfide) groups is 2. The number of hydrogen-bond acceptors (Lipinski definition) is 8. The molecule has 1 fully saturated rings. The van der Waals surface area contributed by atoms with E-state index in [1.54, 1.807) is 23.5 Å². The summed E-state index contributed by atoms with van der Waals surface area (Å²) in [6, 6.07) is 7.36. The summed E-state index contributed by atoms with van der Waals surface area (Å²) in [6.45, 7) is 0. The molecule has 0 amide bonds. The molecule has 0 radical (unpaired) electrons. The number of methoxy groups -OCH3 is 4. The number of phenols is 2. The molecule has 1 saturated heterocycles. The van der Waals surface area contributed by atoms with Crippen LogP contribution in [-0.2, 0) is 0 Å². The van der Waals surface area contributed by atoms with Crippen molar-refractivity contribution in [2.75, 3.05) is 34.2 Å². The van der Waals surface area contributed by atoms with Crippen LogP contribution in [-0.4, -0.2) is 44.4 Å². The predicted octanol–water partition coefficient (Wildman–Crippen LogP) is 4.35. The van der Waals surface area contributed by atoms with Crippen LogP contribution in [0.2, 0.25) is 0 Å². The van der Waals surface area contributed by atoms with Crippen LogP contribution in [0.15, 0.2) is 24.3 Å². The number of ether oxygens (including phenoxy) is 4. The lowest BCUT2D eigenvalue weighted by Crippen LogP contribution is -1.97. The van der Waals surface area contributed by atoms with Crippen LogP contribution >= 0.6 is 23.5 Å². The lowest BCUT2D eigenvalue weighted by molar-refractivity contribution is 0.339. The van der Waals surface area contributed by atoms with Crippen molar-refractivity contribution < 1.29 is 29.2 Å². The van der Waals surface area contributed by atoms with Gasteiger partial charge in [-0.3, -0.25) is 0 Å². The smallest absolute Gasteiger partial charge is 0.200 e. The summed E-state index contributed by atoms with van der Waals surface area (Å²) in [5.41, 5.74) is 2.04. The fraction of sp³-hybridized carbons (Fsp3) is 0.368. The number of benzene rings is 2. The SMILES string of the molecule is COc1cc(C2CSC(c3cc(OC)c(O)c(OC)c3)S2)cc(OC)c1O. The molecule has 27 heavy (non-hydrogen) atoms. The van der Waals surface area contributed by atoms with Gasteiger partial charge in [-0.1, -0.05) is 0 Å². The molecule has 8 heteroatoms. The zero-order valence-corrected chi connectivity index (χ0v) is 17.1. The van der Waals surface area contributed by atoms with E-state index in [2.05, 4.69) is 0 Å². The first-order valence-electron chi connectivity index (χ1n) is 8.19. The molecule has 0 bridgehead atoms. The largest absolute Gasteiger partial charge is 0.502 e. The minimum absolute atomic E-state index is 0.00121. The highest BCUT2D eigenvalue weighted by Crippen LogP contribution is 2.58. The van der Waals surface area contributed by atoms with Crippen molar-refractivity contribution in [3.05, 3.63) is 35.4 Å². The summed E-state index contributed by atoms with van der Waals surface area (Å²) in [7, 11) is 6.08. The van der Waals surface area contributed by atoms with Crippen molar-refractivity contribution in [1.29, 1.82) is 0 Å². The minimum Gasteiger partial charge on any atom is -0.502 e. The van der Waals surface area contributed by atoms with Crippen LogP contribution in [0.3, 0.4) is 0 Å². The molecule has 1 aliphatic rings. The van der Waals surface area contributed by atoms with Crippen LogP contribution < -0.4 is 18.9 Å². The van der Waals surface area contributed by atoms with Crippen molar-refractivity contribution in [1.82, 2.24) is 0 Å². The molecule has 2 unspecified atom stereocenters. The fourth-order valence-electron chi connectivity index (χ4n) is 2.90. The van der Waals surface area contributed by atoms with E-state index in [0.29, 0.717) is 23.0 Å². The molecule has 6 nitrogen and oxygen atoms in total. The summed E-state index contributed by atoms with van der Waals surface area (Å²) in [5.74, 6) is 2.46. The average Bonchev–Trinajstić information content (AvgIpc) is 3.18. The Balaban J connectivity index is 1.88. The minimum atomic E-state index is 0.00121. The van der Waals surface area contributed by atoms with Crippen LogP contribution in [0.25, 0.3) is 0 Å². The van der Waals surface area contributed by atoms with Crippen LogP contribution in [0, 0.1) is 0 Å². The van der Waals surface area contributed by atoms with E-state index < -0.39 is 0 Å². The van der Waals surface area contributed by atoms with E-state index in [1.807, 2.05) is 24.3 Å². The molecule has 2 aromatic carbocycles. The van der Waals surface area contributed by atoms with Crippen molar-refractivity contribution in [3.63, 3.8) is 0 Å². The first-order chi connectivity index (χ1) is 13.0. The predicted molar refractivity (Wildman–Crippen MR) is 108 cm³/mol. The summed E-state index contributed by atoms with van der Waals surface area (Å²) in [5, 5.41) is 20.4. The Morgan fingerprint density at radius 1 is 0.741 bits per heavy atom. The number of phenolic OH excluding ortho intramolecular Hbond substituents is 2. The zero-order chi connectivity index (χ0) is 19.6. The fourth-order valence-corrected chi connectivity index (χ4v) is 6.16. The van der Waals surface area contributed by atoms with Gasteiger partial charge in [0, 0.05) is 11.0 Å². The summed E-state index contributed by atoms with van der Waals surface area (Å²) >= 11 is 3.58. The molecule has 3 rings (SSSR count). The second-order valence-corrected chi connectivity index (χ2v) is 8.59. The van der Waals surface area contributed by atoms with E-state index in [0.717, 1.165) is 16.9 Å². The van der Waals surface area contributed by atoms with Gasteiger partial charge in [-0.25, -0.2) is 0 Å². The number of aromatic hydroxyl groups is 2. The highest BCUT2D eigenvalue weighted by Gasteiger charge is 2.31. The quantitative estimate of drug-likeness (QED) is 0.728. The van der Waals surface area contributed by atoms with Gasteiger partial charge in [0.05, 0.1) is 33.0 Å². The lowest BCUT2D eigenvalue weighted by Gasteiger charge is -2.16. The molecule has 1 heterocycles. The molecule has 0 aromatic heterocycles. The van der Waals surface area contributed by atoms with Gasteiger partial charge in [0.15, 0.2) is 23.0 Å². The third-order valence-corrected chi connectivity index (χ3v) is 7.68. The number of hydrogen-bond donors (Lipinski definition) is 2. The molecule has 0 spiro atoms. The third kappa shape index (κ3) is 3.82. The van der Waals surface area contributed by atoms with Gasteiger partial charge < -0.3 is 29.2 Å². The standard InChI is InChI=1S/C19H22O6S2/c1-22-12-5-10(6-13(23-2)17(12)20)16-9-26-19(27-16)11-7-14(24-3)18(21)15(8-11)25-4/h5-8,16,19-21H,9H2,1-4H3. The molecule has 1 aliphatic heterocycles. The molecular weight excluding hydrogens is 388 g/mol. The Morgan fingerprint density at radius 3 is 1.56 bits per heavy atom. The normalized spacial score (nSPS) is 19.0. The Kier molecular flexibility index (Phi) is 6.06. The van der Waals surface area contributed by atoms with Crippen LogP contribution in [0.1, 0.15) is 21.0 Å². The Morgan fingerprint density at radius 2 is 1.15 bits per heavy atom. The highest BCUT2D eigenvalue weighted by atomic mass is 32.2. The van der Waals surface area contributed by atoms with E-state index >= 15 is 0 Å². The molecule has 2 aromatic rings. The molecular formula is C19H22O6S2. The van der Waals surface area contributed by atoms with E-state index in [-0.39, 0.29) is 21.3 Å². The van der Waals surface area contributed by atoms with Gasteiger partial charge in [0.25, 0.3) is 0 Å². The number of rotatable bonds is 6. The van der Waals surface area contributed by atoms with Crippen molar-refractivity contribution in [2.24, 2.45) is 0 Å². The first-order valence-corrected chi connectivity index (χ1v) is 10.2. The van der Waals surface area contributed by atoms with Gasteiger partial charge in [-0.05, 0) is 35.4 Å². The summed E-state index contributed by atoms with van der Waals surface area (Å²) < 4.78 is 21.2. The second kappa shape index (κ2) is 8.31. The molecule has 2 N–H and O–H groups in total.